The van der Waals surface area contributed by atoms with Crippen molar-refractivity contribution >= 4 is 24.2 Å². The topological polar surface area (TPSA) is 49.9 Å². The number of aryl methyl sites for hydroxylation is 1. The van der Waals surface area contributed by atoms with Crippen LogP contribution in [0.1, 0.15) is 30.4 Å². The molecule has 5 nitrogen and oxygen atoms in total. The van der Waals surface area contributed by atoms with Crippen LogP contribution >= 0.6 is 12.4 Å². The zero-order chi connectivity index (χ0) is 16.6. The van der Waals surface area contributed by atoms with Crippen LogP contribution in [0.15, 0.2) is 18.2 Å². The lowest BCUT2D eigenvalue weighted by Gasteiger charge is -2.33. The minimum atomic E-state index is -0.650. The van der Waals surface area contributed by atoms with Crippen molar-refractivity contribution in [1.29, 1.82) is 0 Å². The maximum atomic E-state index is 13.1. The minimum absolute atomic E-state index is 0. The van der Waals surface area contributed by atoms with Crippen molar-refractivity contribution in [2.24, 2.45) is 0 Å². The maximum Gasteiger partial charge on any atom is 0.240 e. The van der Waals surface area contributed by atoms with Gasteiger partial charge in [-0.2, -0.15) is 0 Å². The molecule has 1 fully saturated rings. The van der Waals surface area contributed by atoms with Crippen molar-refractivity contribution in [1.82, 2.24) is 9.80 Å². The number of likely N-dealkylation sites (tertiary alicyclic amines) is 1. The summed E-state index contributed by atoms with van der Waals surface area (Å²) in [4.78, 5) is 29.0. The first-order valence-electron chi connectivity index (χ1n) is 8.15. The van der Waals surface area contributed by atoms with Crippen LogP contribution in [0.3, 0.4) is 0 Å². The number of nitrogens with zero attached hydrogens (tertiary/aromatic N) is 2. The molecule has 132 valence electrons. The molecule has 24 heavy (non-hydrogen) atoms. The van der Waals surface area contributed by atoms with Crippen molar-refractivity contribution in [3.05, 3.63) is 29.3 Å². The largest absolute Gasteiger partial charge is 0.497 e. The van der Waals surface area contributed by atoms with E-state index in [0.717, 1.165) is 36.1 Å². The maximum absolute atomic E-state index is 13.1. The number of hydrogen-bond donors (Lipinski definition) is 0. The lowest BCUT2D eigenvalue weighted by atomic mass is 9.69. The Morgan fingerprint density at radius 1 is 1.29 bits per heavy atom. The molecular formula is C18H25ClN2O3. The molecule has 0 radical (unpaired) electrons. The summed E-state index contributed by atoms with van der Waals surface area (Å²) >= 11 is 0. The van der Waals surface area contributed by atoms with Gasteiger partial charge in [0.15, 0.2) is 0 Å². The summed E-state index contributed by atoms with van der Waals surface area (Å²) < 4.78 is 5.30. The standard InChI is InChI=1S/C18H24N2O3.ClH/c1-19(2)9-10-20-16(21)12-18(17(20)22)8-4-5-13-11-14(23-3)6-7-15(13)18;/h6-7,11H,4-5,8-10,12H2,1-3H3;1H. The van der Waals surface area contributed by atoms with Gasteiger partial charge in [0.25, 0.3) is 0 Å². The molecule has 1 spiro atoms. The second-order valence-electron chi connectivity index (χ2n) is 6.79. The normalized spacial score (nSPS) is 22.8. The summed E-state index contributed by atoms with van der Waals surface area (Å²) in [7, 11) is 5.54. The molecule has 2 aliphatic rings. The molecule has 1 heterocycles. The summed E-state index contributed by atoms with van der Waals surface area (Å²) in [5, 5.41) is 0. The molecule has 1 aliphatic carbocycles. The third kappa shape index (κ3) is 3.03. The van der Waals surface area contributed by atoms with E-state index in [1.165, 1.54) is 4.90 Å². The Balaban J connectivity index is 0.00000208. The van der Waals surface area contributed by atoms with E-state index in [1.807, 2.05) is 37.2 Å². The predicted octanol–water partition coefficient (Wildman–Crippen LogP) is 2.01. The number of carbonyl (C=O) groups excluding carboxylic acids is 2. The van der Waals surface area contributed by atoms with Gasteiger partial charge in [0.05, 0.1) is 12.5 Å². The van der Waals surface area contributed by atoms with Gasteiger partial charge in [-0.3, -0.25) is 14.5 Å². The molecular weight excluding hydrogens is 328 g/mol. The third-order valence-corrected chi connectivity index (χ3v) is 5.06. The first-order valence-corrected chi connectivity index (χ1v) is 8.15. The van der Waals surface area contributed by atoms with E-state index in [1.54, 1.807) is 7.11 Å². The van der Waals surface area contributed by atoms with Gasteiger partial charge in [-0.15, -0.1) is 12.4 Å². The number of likely N-dealkylation sites (N-methyl/N-ethyl adjacent to an activating group) is 1. The Morgan fingerprint density at radius 2 is 2.04 bits per heavy atom. The van der Waals surface area contributed by atoms with Crippen LogP contribution in [-0.4, -0.2) is 55.9 Å². The van der Waals surface area contributed by atoms with Gasteiger partial charge < -0.3 is 9.64 Å². The van der Waals surface area contributed by atoms with Crippen LogP contribution in [0.25, 0.3) is 0 Å². The van der Waals surface area contributed by atoms with Crippen molar-refractivity contribution in [2.75, 3.05) is 34.3 Å². The van der Waals surface area contributed by atoms with Gasteiger partial charge in [-0.25, -0.2) is 0 Å². The fourth-order valence-electron chi connectivity index (χ4n) is 3.82. The minimum Gasteiger partial charge on any atom is -0.497 e. The van der Waals surface area contributed by atoms with Gasteiger partial charge in [0, 0.05) is 19.5 Å². The summed E-state index contributed by atoms with van der Waals surface area (Å²) in [6.07, 6.45) is 2.93. The first kappa shape index (κ1) is 18.7. The first-order chi connectivity index (χ1) is 11.0. The summed E-state index contributed by atoms with van der Waals surface area (Å²) in [6.45, 7) is 1.17. The number of ether oxygens (including phenoxy) is 1. The zero-order valence-electron chi connectivity index (χ0n) is 14.5. The average Bonchev–Trinajstić information content (AvgIpc) is 2.76. The molecule has 1 aromatic rings. The number of imide groups is 1. The van der Waals surface area contributed by atoms with E-state index < -0.39 is 5.41 Å². The Bertz CT molecular complexity index is 647. The molecule has 3 rings (SSSR count). The fourth-order valence-corrected chi connectivity index (χ4v) is 3.82. The Morgan fingerprint density at radius 3 is 2.71 bits per heavy atom. The number of benzene rings is 1. The Labute approximate surface area is 149 Å². The third-order valence-electron chi connectivity index (χ3n) is 5.06. The monoisotopic (exact) mass is 352 g/mol. The van der Waals surface area contributed by atoms with E-state index >= 15 is 0 Å². The quantitative estimate of drug-likeness (QED) is 0.778. The van der Waals surface area contributed by atoms with E-state index in [9.17, 15) is 9.59 Å². The number of carbonyl (C=O) groups is 2. The predicted molar refractivity (Wildman–Crippen MR) is 94.7 cm³/mol. The van der Waals surface area contributed by atoms with Crippen LogP contribution in [-0.2, 0) is 21.4 Å². The van der Waals surface area contributed by atoms with Gasteiger partial charge in [0.2, 0.25) is 11.8 Å². The van der Waals surface area contributed by atoms with Crippen molar-refractivity contribution in [3.63, 3.8) is 0 Å². The molecule has 0 N–H and O–H groups in total. The van der Waals surface area contributed by atoms with Gasteiger partial charge in [-0.05, 0) is 56.6 Å². The molecule has 1 aliphatic heterocycles. The molecule has 0 aromatic heterocycles. The SMILES string of the molecule is COc1ccc2c(c1)CCCC21CC(=O)N(CCN(C)C)C1=O.Cl. The smallest absolute Gasteiger partial charge is 0.240 e. The van der Waals surface area contributed by atoms with Crippen LogP contribution in [0.4, 0.5) is 0 Å². The van der Waals surface area contributed by atoms with E-state index in [4.69, 9.17) is 4.74 Å². The second kappa shape index (κ2) is 7.11. The number of halogens is 1. The van der Waals surface area contributed by atoms with Gasteiger partial charge in [-0.1, -0.05) is 6.07 Å². The van der Waals surface area contributed by atoms with Crippen molar-refractivity contribution in [2.45, 2.75) is 31.1 Å². The second-order valence-corrected chi connectivity index (χ2v) is 6.79. The van der Waals surface area contributed by atoms with Crippen LogP contribution in [0.5, 0.6) is 5.75 Å². The van der Waals surface area contributed by atoms with E-state index in [0.29, 0.717) is 19.5 Å². The molecule has 0 saturated carbocycles. The molecule has 1 unspecified atom stereocenters. The lowest BCUT2D eigenvalue weighted by molar-refractivity contribution is -0.140. The highest BCUT2D eigenvalue weighted by molar-refractivity contribution is 6.09. The number of fused-ring (bicyclic) bond motifs is 2. The molecule has 1 atom stereocenters. The average molecular weight is 353 g/mol. The van der Waals surface area contributed by atoms with Gasteiger partial charge in [0.1, 0.15) is 5.75 Å². The number of amides is 2. The number of rotatable bonds is 4. The highest BCUT2D eigenvalue weighted by Gasteiger charge is 2.53. The molecule has 1 aromatic carbocycles. The van der Waals surface area contributed by atoms with Crippen LogP contribution in [0, 0.1) is 0 Å². The highest BCUT2D eigenvalue weighted by Crippen LogP contribution is 2.46. The van der Waals surface area contributed by atoms with E-state index in [-0.39, 0.29) is 24.2 Å². The zero-order valence-corrected chi connectivity index (χ0v) is 15.3. The van der Waals surface area contributed by atoms with Crippen molar-refractivity contribution in [3.8, 4) is 5.75 Å². The van der Waals surface area contributed by atoms with Crippen LogP contribution in [0.2, 0.25) is 0 Å². The molecule has 2 amide bonds. The van der Waals surface area contributed by atoms with Crippen molar-refractivity contribution < 1.29 is 14.3 Å². The Kier molecular flexibility index (Phi) is 5.56. The van der Waals surface area contributed by atoms with E-state index in [2.05, 4.69) is 0 Å². The lowest BCUT2D eigenvalue weighted by Crippen LogP contribution is -2.42. The Hall–Kier alpha value is -1.59. The number of hydrogen-bond acceptors (Lipinski definition) is 4. The highest BCUT2D eigenvalue weighted by atomic mass is 35.5. The molecule has 0 bridgehead atoms. The van der Waals surface area contributed by atoms with Crippen LogP contribution < -0.4 is 4.74 Å². The summed E-state index contributed by atoms with van der Waals surface area (Å²) in [5.74, 6) is 0.748. The fraction of sp³-hybridized carbons (Fsp3) is 0.556. The summed E-state index contributed by atoms with van der Waals surface area (Å²) in [5.41, 5.74) is 1.52. The molecule has 6 heteroatoms. The molecule has 1 saturated heterocycles. The summed E-state index contributed by atoms with van der Waals surface area (Å²) in [6, 6.07) is 5.89. The van der Waals surface area contributed by atoms with Gasteiger partial charge >= 0.3 is 0 Å². The number of methoxy groups -OCH3 is 1.